The summed E-state index contributed by atoms with van der Waals surface area (Å²) in [6, 6.07) is 7.90. The van der Waals surface area contributed by atoms with E-state index in [1.165, 1.54) is 0 Å². The standard InChI is InChI=1S/C13H11N3S2/c1-8-7-17-13(16-8)18-11-5-4-10-9(12(11)14)3-2-6-15-10/h2-7H,14H2,1H3. The van der Waals surface area contributed by atoms with Gasteiger partial charge in [0, 0.05) is 27.6 Å². The molecule has 3 rings (SSSR count). The molecule has 0 aliphatic heterocycles. The molecule has 18 heavy (non-hydrogen) atoms. The normalized spacial score (nSPS) is 10.9. The minimum absolute atomic E-state index is 0.776. The van der Waals surface area contributed by atoms with Crippen LogP contribution in [-0.2, 0) is 0 Å². The SMILES string of the molecule is Cc1csc(Sc2ccc3ncccc3c2N)n1. The third kappa shape index (κ3) is 2.07. The van der Waals surface area contributed by atoms with Crippen molar-refractivity contribution in [2.45, 2.75) is 16.2 Å². The van der Waals surface area contributed by atoms with Gasteiger partial charge >= 0.3 is 0 Å². The van der Waals surface area contributed by atoms with Gasteiger partial charge < -0.3 is 5.73 Å². The van der Waals surface area contributed by atoms with Crippen LogP contribution in [0, 0.1) is 6.92 Å². The molecule has 0 saturated carbocycles. The highest BCUT2D eigenvalue weighted by molar-refractivity contribution is 8.01. The summed E-state index contributed by atoms with van der Waals surface area (Å²) >= 11 is 3.24. The molecule has 1 aromatic carbocycles. The average Bonchev–Trinajstić information content (AvgIpc) is 2.79. The summed E-state index contributed by atoms with van der Waals surface area (Å²) in [4.78, 5) is 9.76. The lowest BCUT2D eigenvalue weighted by Crippen LogP contribution is -1.91. The smallest absolute Gasteiger partial charge is 0.154 e. The number of fused-ring (bicyclic) bond motifs is 1. The summed E-state index contributed by atoms with van der Waals surface area (Å²) in [7, 11) is 0. The minimum Gasteiger partial charge on any atom is -0.397 e. The lowest BCUT2D eigenvalue weighted by atomic mass is 10.2. The maximum Gasteiger partial charge on any atom is 0.154 e. The van der Waals surface area contributed by atoms with Crippen LogP contribution in [0.4, 0.5) is 5.69 Å². The molecule has 2 heterocycles. The average molecular weight is 273 g/mol. The van der Waals surface area contributed by atoms with Crippen molar-refractivity contribution in [1.82, 2.24) is 9.97 Å². The topological polar surface area (TPSA) is 51.8 Å². The molecule has 90 valence electrons. The predicted molar refractivity (Wildman–Crippen MR) is 77.1 cm³/mol. The fraction of sp³-hybridized carbons (Fsp3) is 0.0769. The number of hydrogen-bond donors (Lipinski definition) is 1. The molecule has 0 aliphatic rings. The van der Waals surface area contributed by atoms with Crippen LogP contribution in [0.2, 0.25) is 0 Å². The Bertz CT molecular complexity index is 706. The number of rotatable bonds is 2. The number of nitrogen functional groups attached to an aromatic ring is 1. The van der Waals surface area contributed by atoms with Gasteiger partial charge in [-0.2, -0.15) is 0 Å². The molecule has 0 bridgehead atoms. The molecule has 2 aromatic heterocycles. The lowest BCUT2D eigenvalue weighted by Gasteiger charge is -2.06. The predicted octanol–water partition coefficient (Wildman–Crippen LogP) is 3.73. The second-order valence-electron chi connectivity index (χ2n) is 3.90. The van der Waals surface area contributed by atoms with Gasteiger partial charge in [-0.25, -0.2) is 4.98 Å². The van der Waals surface area contributed by atoms with Gasteiger partial charge in [0.05, 0.1) is 11.2 Å². The molecule has 0 atom stereocenters. The van der Waals surface area contributed by atoms with Gasteiger partial charge in [0.25, 0.3) is 0 Å². The largest absolute Gasteiger partial charge is 0.397 e. The maximum atomic E-state index is 6.19. The number of nitrogens with zero attached hydrogens (tertiary/aromatic N) is 2. The van der Waals surface area contributed by atoms with Crippen LogP contribution in [0.15, 0.2) is 45.1 Å². The van der Waals surface area contributed by atoms with Gasteiger partial charge in [-0.3, -0.25) is 4.98 Å². The highest BCUT2D eigenvalue weighted by Gasteiger charge is 2.08. The Morgan fingerprint density at radius 2 is 2.17 bits per heavy atom. The van der Waals surface area contributed by atoms with E-state index < -0.39 is 0 Å². The zero-order valence-corrected chi connectivity index (χ0v) is 11.4. The Morgan fingerprint density at radius 3 is 2.94 bits per heavy atom. The van der Waals surface area contributed by atoms with Crippen LogP contribution < -0.4 is 5.73 Å². The molecule has 3 nitrogen and oxygen atoms in total. The zero-order valence-electron chi connectivity index (χ0n) is 9.75. The van der Waals surface area contributed by atoms with Crippen molar-refractivity contribution < 1.29 is 0 Å². The Labute approximate surface area is 113 Å². The van der Waals surface area contributed by atoms with Crippen LogP contribution in [0.5, 0.6) is 0 Å². The molecule has 0 aliphatic carbocycles. The third-order valence-electron chi connectivity index (χ3n) is 2.58. The van der Waals surface area contributed by atoms with Crippen LogP contribution in [0.25, 0.3) is 10.9 Å². The third-order valence-corrected chi connectivity index (χ3v) is 4.71. The summed E-state index contributed by atoms with van der Waals surface area (Å²) < 4.78 is 1.02. The van der Waals surface area contributed by atoms with E-state index in [4.69, 9.17) is 5.73 Å². The monoisotopic (exact) mass is 273 g/mol. The summed E-state index contributed by atoms with van der Waals surface area (Å²) in [6.45, 7) is 1.99. The quantitative estimate of drug-likeness (QED) is 0.723. The van der Waals surface area contributed by atoms with Crippen molar-refractivity contribution in [3.05, 3.63) is 41.5 Å². The van der Waals surface area contributed by atoms with Crippen LogP contribution in [0.1, 0.15) is 5.69 Å². The van der Waals surface area contributed by atoms with E-state index in [0.717, 1.165) is 31.5 Å². The number of hydrogen-bond acceptors (Lipinski definition) is 5. The second-order valence-corrected chi connectivity index (χ2v) is 6.05. The molecular weight excluding hydrogens is 262 g/mol. The molecule has 0 unspecified atom stereocenters. The highest BCUT2D eigenvalue weighted by Crippen LogP contribution is 2.36. The molecule has 3 aromatic rings. The lowest BCUT2D eigenvalue weighted by molar-refractivity contribution is 1.16. The van der Waals surface area contributed by atoms with E-state index in [1.807, 2.05) is 36.6 Å². The van der Waals surface area contributed by atoms with Gasteiger partial charge in [0.1, 0.15) is 0 Å². The summed E-state index contributed by atoms with van der Waals surface area (Å²) in [6.07, 6.45) is 1.78. The number of pyridine rings is 1. The summed E-state index contributed by atoms with van der Waals surface area (Å²) in [5.74, 6) is 0. The van der Waals surface area contributed by atoms with E-state index in [9.17, 15) is 0 Å². The molecule has 0 fully saturated rings. The number of anilines is 1. The molecule has 0 radical (unpaired) electrons. The van der Waals surface area contributed by atoms with E-state index in [0.29, 0.717) is 0 Å². The van der Waals surface area contributed by atoms with Crippen molar-refractivity contribution in [3.63, 3.8) is 0 Å². The van der Waals surface area contributed by atoms with E-state index in [1.54, 1.807) is 29.3 Å². The molecule has 0 saturated heterocycles. The number of aromatic nitrogens is 2. The zero-order chi connectivity index (χ0) is 12.5. The minimum atomic E-state index is 0.776. The highest BCUT2D eigenvalue weighted by atomic mass is 32.2. The number of benzene rings is 1. The van der Waals surface area contributed by atoms with Crippen molar-refractivity contribution in [1.29, 1.82) is 0 Å². The first-order chi connectivity index (χ1) is 8.74. The van der Waals surface area contributed by atoms with Gasteiger partial charge in [0.15, 0.2) is 4.34 Å². The molecule has 0 amide bonds. The molecule has 2 N–H and O–H groups in total. The Balaban J connectivity index is 2.04. The first-order valence-corrected chi connectivity index (χ1v) is 7.17. The Morgan fingerprint density at radius 1 is 1.28 bits per heavy atom. The van der Waals surface area contributed by atoms with Gasteiger partial charge in [0.2, 0.25) is 0 Å². The van der Waals surface area contributed by atoms with Crippen LogP contribution in [0.3, 0.4) is 0 Å². The fourth-order valence-corrected chi connectivity index (χ4v) is 3.58. The van der Waals surface area contributed by atoms with E-state index in [2.05, 4.69) is 9.97 Å². The summed E-state index contributed by atoms with van der Waals surface area (Å²) in [5, 5.41) is 3.04. The second kappa shape index (κ2) is 4.59. The van der Waals surface area contributed by atoms with Crippen molar-refractivity contribution >= 4 is 39.7 Å². The number of thiazole rings is 1. The Hall–Kier alpha value is -1.59. The Kier molecular flexibility index (Phi) is 2.93. The van der Waals surface area contributed by atoms with Crippen molar-refractivity contribution in [2.24, 2.45) is 0 Å². The first kappa shape index (κ1) is 11.5. The number of aryl methyl sites for hydroxylation is 1. The van der Waals surface area contributed by atoms with Gasteiger partial charge in [-0.05, 0) is 31.2 Å². The molecule has 0 spiro atoms. The molecular formula is C13H11N3S2. The molecule has 5 heteroatoms. The van der Waals surface area contributed by atoms with Crippen molar-refractivity contribution in [2.75, 3.05) is 5.73 Å². The number of nitrogens with two attached hydrogens (primary N) is 1. The van der Waals surface area contributed by atoms with Gasteiger partial charge in [-0.1, -0.05) is 11.8 Å². The van der Waals surface area contributed by atoms with Crippen LogP contribution >= 0.6 is 23.1 Å². The van der Waals surface area contributed by atoms with Gasteiger partial charge in [-0.15, -0.1) is 11.3 Å². The summed E-state index contributed by atoms with van der Waals surface area (Å²) in [5.41, 5.74) is 8.94. The van der Waals surface area contributed by atoms with Crippen LogP contribution in [-0.4, -0.2) is 9.97 Å². The maximum absolute atomic E-state index is 6.19. The van der Waals surface area contributed by atoms with E-state index >= 15 is 0 Å². The van der Waals surface area contributed by atoms with E-state index in [-0.39, 0.29) is 0 Å². The van der Waals surface area contributed by atoms with Crippen molar-refractivity contribution in [3.8, 4) is 0 Å². The fourth-order valence-electron chi connectivity index (χ4n) is 1.72. The first-order valence-electron chi connectivity index (χ1n) is 5.47.